The molecule has 150 valence electrons. The molecule has 7 nitrogen and oxygen atoms in total. The molecule has 9 heteroatoms. The molecule has 0 saturated heterocycles. The van der Waals surface area contributed by atoms with Crippen LogP contribution in [0.2, 0.25) is 0 Å². The molecule has 0 unspecified atom stereocenters. The van der Waals surface area contributed by atoms with E-state index in [1.54, 1.807) is 27.7 Å². The van der Waals surface area contributed by atoms with Crippen LogP contribution in [-0.2, 0) is 27.2 Å². The normalized spacial score (nSPS) is 17.3. The average molecular weight is 399 g/mol. The molecule has 25 heavy (non-hydrogen) atoms. The number of hydrogen-bond acceptors (Lipinski definition) is 7. The van der Waals surface area contributed by atoms with E-state index in [0.29, 0.717) is 6.04 Å². The molecule has 1 N–H and O–H groups in total. The summed E-state index contributed by atoms with van der Waals surface area (Å²) in [6.45, 7) is 8.00. The Kier molecular flexibility index (Phi) is 11.1. The Morgan fingerprint density at radius 1 is 0.800 bits per heavy atom. The van der Waals surface area contributed by atoms with E-state index < -0.39 is 20.6 Å². The molecule has 1 aliphatic rings. The highest BCUT2D eigenvalue weighted by Crippen LogP contribution is 2.70. The van der Waals surface area contributed by atoms with Crippen molar-refractivity contribution in [3.8, 4) is 0 Å². The molecule has 0 aliphatic heterocycles. The fourth-order valence-corrected chi connectivity index (χ4v) is 8.23. The van der Waals surface area contributed by atoms with Crippen molar-refractivity contribution in [2.24, 2.45) is 0 Å². The van der Waals surface area contributed by atoms with E-state index in [0.717, 1.165) is 12.8 Å². The van der Waals surface area contributed by atoms with Gasteiger partial charge < -0.3 is 23.4 Å². The van der Waals surface area contributed by atoms with Crippen molar-refractivity contribution in [1.82, 2.24) is 5.32 Å². The summed E-state index contributed by atoms with van der Waals surface area (Å²) in [5, 5.41) is 2.43. The fraction of sp³-hybridized carbons (Fsp3) is 1.00. The van der Waals surface area contributed by atoms with Gasteiger partial charge in [0.05, 0.1) is 26.4 Å². The van der Waals surface area contributed by atoms with Gasteiger partial charge in [-0.3, -0.25) is 9.13 Å². The average Bonchev–Trinajstić information content (AvgIpc) is 2.56. The number of rotatable bonds is 13. The molecule has 1 aliphatic carbocycles. The second-order valence-corrected chi connectivity index (χ2v) is 10.8. The summed E-state index contributed by atoms with van der Waals surface area (Å²) in [4.78, 5) is 0. The second kappa shape index (κ2) is 11.9. The Labute approximate surface area is 152 Å². The Morgan fingerprint density at radius 2 is 1.20 bits per heavy atom. The predicted octanol–water partition coefficient (Wildman–Crippen LogP) is 4.77. The quantitative estimate of drug-likeness (QED) is 0.447. The third kappa shape index (κ3) is 7.06. The minimum absolute atomic E-state index is 0.204. The van der Waals surface area contributed by atoms with Gasteiger partial charge in [-0.2, -0.15) is 0 Å². The van der Waals surface area contributed by atoms with E-state index in [4.69, 9.17) is 18.1 Å². The zero-order chi connectivity index (χ0) is 18.8. The smallest absolute Gasteiger partial charge is 0.312 e. The molecule has 0 heterocycles. The molecule has 0 aromatic rings. The van der Waals surface area contributed by atoms with Crippen LogP contribution >= 0.6 is 15.2 Å². The number of nitrogens with one attached hydrogen (secondary N) is 1. The van der Waals surface area contributed by atoms with Crippen LogP contribution in [0, 0.1) is 0 Å². The summed E-state index contributed by atoms with van der Waals surface area (Å²) in [5.74, 6) is 0. The van der Waals surface area contributed by atoms with Crippen LogP contribution in [0.1, 0.15) is 59.8 Å². The minimum atomic E-state index is -3.65. The maximum Gasteiger partial charge on any atom is 0.347 e. The number of hydrogen-bond donors (Lipinski definition) is 1. The van der Waals surface area contributed by atoms with Gasteiger partial charge in [0.15, 0.2) is 5.40 Å². The molecule has 0 bridgehead atoms. The third-order valence-corrected chi connectivity index (χ3v) is 10.2. The first-order chi connectivity index (χ1) is 12.0. The first kappa shape index (κ1) is 23.3. The van der Waals surface area contributed by atoms with E-state index in [9.17, 15) is 9.13 Å². The van der Waals surface area contributed by atoms with Crippen molar-refractivity contribution in [2.45, 2.75) is 71.2 Å². The van der Waals surface area contributed by atoms with E-state index >= 15 is 0 Å². The predicted molar refractivity (Wildman–Crippen MR) is 100 cm³/mol. The fourth-order valence-electron chi connectivity index (χ4n) is 3.11. The lowest BCUT2D eigenvalue weighted by Gasteiger charge is -2.33. The Bertz CT molecular complexity index is 406. The van der Waals surface area contributed by atoms with Gasteiger partial charge in [-0.15, -0.1) is 0 Å². The maximum atomic E-state index is 13.4. The summed E-state index contributed by atoms with van der Waals surface area (Å²) in [5.41, 5.74) is 0. The van der Waals surface area contributed by atoms with Gasteiger partial charge in [-0.25, -0.2) is 0 Å². The SMILES string of the molecule is CCOP(=O)(OCC)C(CNC1CCCCC1)P(=O)(OCC)OCC. The highest BCUT2D eigenvalue weighted by Gasteiger charge is 2.50. The van der Waals surface area contributed by atoms with Crippen molar-refractivity contribution >= 4 is 15.2 Å². The topological polar surface area (TPSA) is 83.1 Å². The van der Waals surface area contributed by atoms with Crippen molar-refractivity contribution in [2.75, 3.05) is 33.0 Å². The van der Waals surface area contributed by atoms with Gasteiger partial charge in [0.25, 0.3) is 0 Å². The van der Waals surface area contributed by atoms with Gasteiger partial charge in [0.2, 0.25) is 0 Å². The zero-order valence-electron chi connectivity index (χ0n) is 16.1. The molecule has 1 fully saturated rings. The van der Waals surface area contributed by atoms with E-state index in [2.05, 4.69) is 5.32 Å². The summed E-state index contributed by atoms with van der Waals surface area (Å²) in [6.07, 6.45) is 5.72. The molecule has 1 rings (SSSR count). The first-order valence-corrected chi connectivity index (χ1v) is 12.7. The Hall–Kier alpha value is 0.260. The molecule has 0 radical (unpaired) electrons. The monoisotopic (exact) mass is 399 g/mol. The molecule has 0 amide bonds. The van der Waals surface area contributed by atoms with Crippen molar-refractivity contribution in [3.63, 3.8) is 0 Å². The second-order valence-electron chi connectivity index (χ2n) is 5.97. The molecule has 0 aromatic carbocycles. The van der Waals surface area contributed by atoms with Gasteiger partial charge in [0, 0.05) is 12.6 Å². The highest BCUT2D eigenvalue weighted by molar-refractivity contribution is 7.72. The summed E-state index contributed by atoms with van der Waals surface area (Å²) >= 11 is 0. The first-order valence-electron chi connectivity index (χ1n) is 9.46. The van der Waals surface area contributed by atoms with Crippen molar-refractivity contribution in [3.05, 3.63) is 0 Å². The molecular formula is C16H35NO6P2. The molecule has 0 aromatic heterocycles. The minimum Gasteiger partial charge on any atom is -0.312 e. The lowest BCUT2D eigenvalue weighted by Crippen LogP contribution is -2.38. The summed E-state index contributed by atoms with van der Waals surface area (Å²) in [6, 6.07) is 0.324. The zero-order valence-corrected chi connectivity index (χ0v) is 17.9. The van der Waals surface area contributed by atoms with Crippen LogP contribution < -0.4 is 5.32 Å². The van der Waals surface area contributed by atoms with Crippen LogP contribution in [0.3, 0.4) is 0 Å². The molecule has 0 atom stereocenters. The largest absolute Gasteiger partial charge is 0.347 e. The molecule has 0 spiro atoms. The maximum absolute atomic E-state index is 13.4. The third-order valence-electron chi connectivity index (χ3n) is 4.16. The van der Waals surface area contributed by atoms with Crippen molar-refractivity contribution in [1.29, 1.82) is 0 Å². The van der Waals surface area contributed by atoms with Gasteiger partial charge in [-0.05, 0) is 40.5 Å². The summed E-state index contributed by atoms with van der Waals surface area (Å²) < 4.78 is 48.6. The van der Waals surface area contributed by atoms with Gasteiger partial charge in [0.1, 0.15) is 0 Å². The van der Waals surface area contributed by atoms with Crippen LogP contribution in [0.15, 0.2) is 0 Å². The molecule has 1 saturated carbocycles. The van der Waals surface area contributed by atoms with Crippen LogP contribution in [0.5, 0.6) is 0 Å². The highest BCUT2D eigenvalue weighted by atomic mass is 31.2. The van der Waals surface area contributed by atoms with Crippen LogP contribution in [0.4, 0.5) is 0 Å². The standard InChI is InChI=1S/C16H35NO6P2/c1-5-20-24(18,21-6-2)16(25(19,22-7-3)23-8-4)14-17-15-12-10-9-11-13-15/h15-17H,5-14H2,1-4H3. The van der Waals surface area contributed by atoms with Crippen molar-refractivity contribution < 1.29 is 27.2 Å². The van der Waals surface area contributed by atoms with Gasteiger partial charge in [-0.1, -0.05) is 19.3 Å². The van der Waals surface area contributed by atoms with E-state index in [1.807, 2.05) is 0 Å². The molecular weight excluding hydrogens is 364 g/mol. The lowest BCUT2D eigenvalue weighted by atomic mass is 9.96. The Balaban J connectivity index is 3.04. The van der Waals surface area contributed by atoms with E-state index in [-0.39, 0.29) is 33.0 Å². The van der Waals surface area contributed by atoms with Gasteiger partial charge >= 0.3 is 15.2 Å². The Morgan fingerprint density at radius 3 is 1.56 bits per heavy atom. The lowest BCUT2D eigenvalue weighted by molar-refractivity contribution is 0.193. The van der Waals surface area contributed by atoms with Crippen LogP contribution in [0.25, 0.3) is 0 Å². The van der Waals surface area contributed by atoms with E-state index in [1.165, 1.54) is 19.3 Å². The van der Waals surface area contributed by atoms with Crippen LogP contribution in [-0.4, -0.2) is 44.4 Å². The summed E-state index contributed by atoms with van der Waals surface area (Å²) in [7, 11) is -7.31.